The number of nitrogens with zero attached hydrogens (tertiary/aromatic N) is 1. The lowest BCUT2D eigenvalue weighted by Crippen LogP contribution is -2.41. The van der Waals surface area contributed by atoms with Crippen molar-refractivity contribution in [2.75, 3.05) is 38.2 Å². The summed E-state index contributed by atoms with van der Waals surface area (Å²) < 4.78 is 5.20. The summed E-state index contributed by atoms with van der Waals surface area (Å²) in [4.78, 5) is 24.9. The molecule has 1 aliphatic heterocycles. The fourth-order valence-electron chi connectivity index (χ4n) is 2.27. The van der Waals surface area contributed by atoms with Gasteiger partial charge in [0.15, 0.2) is 0 Å². The Hall–Kier alpha value is -2.08. The second kappa shape index (κ2) is 7.08. The molecule has 0 radical (unpaired) electrons. The summed E-state index contributed by atoms with van der Waals surface area (Å²) in [5.41, 5.74) is 1.75. The molecule has 1 fully saturated rings. The molecule has 2 N–H and O–H groups in total. The highest BCUT2D eigenvalue weighted by Gasteiger charge is 2.16. The van der Waals surface area contributed by atoms with E-state index in [1.54, 1.807) is 23.1 Å². The predicted molar refractivity (Wildman–Crippen MR) is 78.6 cm³/mol. The number of carbonyl (C=O) groups is 2. The third kappa shape index (κ3) is 4.19. The Balaban J connectivity index is 1.89. The molecule has 1 saturated heterocycles. The number of carboxylic acids is 1. The maximum absolute atomic E-state index is 12.0. The van der Waals surface area contributed by atoms with Crippen molar-refractivity contribution < 1.29 is 19.4 Å². The van der Waals surface area contributed by atoms with Crippen LogP contribution in [0.2, 0.25) is 0 Å². The summed E-state index contributed by atoms with van der Waals surface area (Å²) in [7, 11) is 0. The van der Waals surface area contributed by atoms with E-state index in [-0.39, 0.29) is 11.5 Å². The maximum Gasteiger partial charge on any atom is 0.337 e. The van der Waals surface area contributed by atoms with Gasteiger partial charge >= 0.3 is 5.97 Å². The highest BCUT2D eigenvalue weighted by Crippen LogP contribution is 2.17. The van der Waals surface area contributed by atoms with Gasteiger partial charge in [0.25, 0.3) is 0 Å². The molecule has 0 atom stereocenters. The monoisotopic (exact) mass is 292 g/mol. The van der Waals surface area contributed by atoms with E-state index in [0.29, 0.717) is 45.0 Å². The Labute approximate surface area is 123 Å². The van der Waals surface area contributed by atoms with Gasteiger partial charge in [0.05, 0.1) is 18.8 Å². The second-order valence-corrected chi connectivity index (χ2v) is 5.02. The van der Waals surface area contributed by atoms with Crippen molar-refractivity contribution >= 4 is 17.6 Å². The minimum absolute atomic E-state index is 0.0651. The average molecular weight is 292 g/mol. The first-order valence-corrected chi connectivity index (χ1v) is 7.01. The number of morpholine rings is 1. The smallest absolute Gasteiger partial charge is 0.337 e. The van der Waals surface area contributed by atoms with E-state index >= 15 is 0 Å². The van der Waals surface area contributed by atoms with Crippen molar-refractivity contribution in [1.29, 1.82) is 0 Å². The van der Waals surface area contributed by atoms with Gasteiger partial charge < -0.3 is 20.1 Å². The SMILES string of the molecule is Cc1ccc(C(=O)O)c(NCCC(=O)N2CCOCC2)c1. The van der Waals surface area contributed by atoms with Crippen LogP contribution < -0.4 is 5.32 Å². The third-order valence-electron chi connectivity index (χ3n) is 3.42. The Kier molecular flexibility index (Phi) is 5.16. The molecule has 1 aromatic rings. The summed E-state index contributed by atoms with van der Waals surface area (Å²) in [5.74, 6) is -0.910. The number of amides is 1. The van der Waals surface area contributed by atoms with Crippen LogP contribution in [0.4, 0.5) is 5.69 Å². The van der Waals surface area contributed by atoms with Gasteiger partial charge in [-0.25, -0.2) is 4.79 Å². The number of hydrogen-bond donors (Lipinski definition) is 2. The van der Waals surface area contributed by atoms with Crippen LogP contribution in [0, 0.1) is 6.92 Å². The molecule has 6 heteroatoms. The number of carboxylic acid groups (broad SMARTS) is 1. The number of nitrogens with one attached hydrogen (secondary N) is 1. The first-order valence-electron chi connectivity index (χ1n) is 7.01. The summed E-state index contributed by atoms with van der Waals surface area (Å²) >= 11 is 0. The fourth-order valence-corrected chi connectivity index (χ4v) is 2.27. The van der Waals surface area contributed by atoms with Crippen LogP contribution in [0.15, 0.2) is 18.2 Å². The minimum Gasteiger partial charge on any atom is -0.478 e. The number of hydrogen-bond acceptors (Lipinski definition) is 4. The molecule has 1 aromatic carbocycles. The number of aromatic carboxylic acids is 1. The molecular weight excluding hydrogens is 272 g/mol. The topological polar surface area (TPSA) is 78.9 Å². The number of ether oxygens (including phenoxy) is 1. The third-order valence-corrected chi connectivity index (χ3v) is 3.42. The molecule has 21 heavy (non-hydrogen) atoms. The number of carbonyl (C=O) groups excluding carboxylic acids is 1. The summed E-state index contributed by atoms with van der Waals surface area (Å²) in [5, 5.41) is 12.2. The lowest BCUT2D eigenvalue weighted by molar-refractivity contribution is -0.134. The standard InChI is InChI=1S/C15H20N2O4/c1-11-2-3-12(15(19)20)13(10-11)16-5-4-14(18)17-6-8-21-9-7-17/h2-3,10,16H,4-9H2,1H3,(H,19,20). The Morgan fingerprint density at radius 3 is 2.71 bits per heavy atom. The van der Waals surface area contributed by atoms with Crippen LogP contribution in [0.5, 0.6) is 0 Å². The van der Waals surface area contributed by atoms with E-state index < -0.39 is 5.97 Å². The number of anilines is 1. The molecule has 0 saturated carbocycles. The second-order valence-electron chi connectivity index (χ2n) is 5.02. The minimum atomic E-state index is -0.975. The molecule has 1 heterocycles. The Morgan fingerprint density at radius 1 is 1.33 bits per heavy atom. The van der Waals surface area contributed by atoms with Gasteiger partial charge in [0.2, 0.25) is 5.91 Å². The predicted octanol–water partition coefficient (Wildman–Crippen LogP) is 1.35. The number of aryl methyl sites for hydroxylation is 1. The Morgan fingerprint density at radius 2 is 2.05 bits per heavy atom. The lowest BCUT2D eigenvalue weighted by atomic mass is 10.1. The van der Waals surface area contributed by atoms with Crippen LogP contribution in [0.25, 0.3) is 0 Å². The van der Waals surface area contributed by atoms with Gasteiger partial charge in [0.1, 0.15) is 0 Å². The van der Waals surface area contributed by atoms with Crippen molar-refractivity contribution in [2.24, 2.45) is 0 Å². The Bertz CT molecular complexity index is 524. The molecule has 0 aromatic heterocycles. The van der Waals surface area contributed by atoms with Crippen molar-refractivity contribution in [3.8, 4) is 0 Å². The van der Waals surface area contributed by atoms with Gasteiger partial charge in [-0.2, -0.15) is 0 Å². The van der Waals surface area contributed by atoms with E-state index in [2.05, 4.69) is 5.32 Å². The van der Waals surface area contributed by atoms with Gasteiger partial charge in [-0.1, -0.05) is 6.07 Å². The van der Waals surface area contributed by atoms with E-state index in [1.165, 1.54) is 0 Å². The lowest BCUT2D eigenvalue weighted by Gasteiger charge is -2.27. The molecule has 1 amide bonds. The first-order chi connectivity index (χ1) is 10.1. The molecule has 0 unspecified atom stereocenters. The van der Waals surface area contributed by atoms with E-state index in [9.17, 15) is 9.59 Å². The summed E-state index contributed by atoms with van der Waals surface area (Å²) in [6.45, 7) is 4.74. The molecule has 2 rings (SSSR count). The van der Waals surface area contributed by atoms with Gasteiger partial charge in [-0.15, -0.1) is 0 Å². The van der Waals surface area contributed by atoms with Gasteiger partial charge in [-0.3, -0.25) is 4.79 Å². The number of rotatable bonds is 5. The van der Waals surface area contributed by atoms with Crippen molar-refractivity contribution in [1.82, 2.24) is 4.90 Å². The largest absolute Gasteiger partial charge is 0.478 e. The van der Waals surface area contributed by atoms with Crippen LogP contribution in [-0.4, -0.2) is 54.7 Å². The van der Waals surface area contributed by atoms with Crippen molar-refractivity contribution in [3.05, 3.63) is 29.3 Å². The molecule has 0 spiro atoms. The highest BCUT2D eigenvalue weighted by molar-refractivity contribution is 5.94. The molecule has 6 nitrogen and oxygen atoms in total. The van der Waals surface area contributed by atoms with Crippen LogP contribution in [-0.2, 0) is 9.53 Å². The van der Waals surface area contributed by atoms with Crippen molar-refractivity contribution in [2.45, 2.75) is 13.3 Å². The fraction of sp³-hybridized carbons (Fsp3) is 0.467. The first kappa shape index (κ1) is 15.3. The van der Waals surface area contributed by atoms with Crippen LogP contribution >= 0.6 is 0 Å². The maximum atomic E-state index is 12.0. The molecule has 114 valence electrons. The zero-order valence-corrected chi connectivity index (χ0v) is 12.1. The average Bonchev–Trinajstić information content (AvgIpc) is 2.48. The zero-order valence-electron chi connectivity index (χ0n) is 12.1. The summed E-state index contributed by atoms with van der Waals surface area (Å²) in [6, 6.07) is 5.11. The molecule has 0 bridgehead atoms. The van der Waals surface area contributed by atoms with E-state index in [1.807, 2.05) is 6.92 Å². The van der Waals surface area contributed by atoms with Crippen LogP contribution in [0.1, 0.15) is 22.3 Å². The normalized spacial score (nSPS) is 14.8. The quantitative estimate of drug-likeness (QED) is 0.856. The summed E-state index contributed by atoms with van der Waals surface area (Å²) in [6.07, 6.45) is 0.340. The van der Waals surface area contributed by atoms with Crippen LogP contribution in [0.3, 0.4) is 0 Å². The van der Waals surface area contributed by atoms with Gasteiger partial charge in [0, 0.05) is 31.7 Å². The van der Waals surface area contributed by atoms with E-state index in [0.717, 1.165) is 5.56 Å². The molecule has 1 aliphatic rings. The van der Waals surface area contributed by atoms with Crippen molar-refractivity contribution in [3.63, 3.8) is 0 Å². The number of benzene rings is 1. The van der Waals surface area contributed by atoms with E-state index in [4.69, 9.17) is 9.84 Å². The molecule has 0 aliphatic carbocycles. The zero-order chi connectivity index (χ0) is 15.2. The van der Waals surface area contributed by atoms with Gasteiger partial charge in [-0.05, 0) is 24.6 Å². The molecular formula is C15H20N2O4. The highest BCUT2D eigenvalue weighted by atomic mass is 16.5.